The SMILES string of the molecule is COc1cc(C(=O)N2C[C@H](N)CC[C@@H]2C)cc2nc(-c3cc4ccc(N(C(F)F)S(C)(=O)=O)nc4n3CC3CC3)c(C)n12. The van der Waals surface area contributed by atoms with Gasteiger partial charge in [0.05, 0.1) is 24.8 Å². The zero-order valence-corrected chi connectivity index (χ0v) is 25.3. The normalized spacial score (nSPS) is 19.5. The number of anilines is 1. The Morgan fingerprint density at radius 2 is 1.91 bits per heavy atom. The number of likely N-dealkylation sites (tertiary alicyclic amines) is 1. The van der Waals surface area contributed by atoms with Gasteiger partial charge in [0, 0.05) is 42.2 Å². The van der Waals surface area contributed by atoms with E-state index in [1.165, 1.54) is 13.2 Å². The summed E-state index contributed by atoms with van der Waals surface area (Å²) in [6, 6.07) is 8.20. The summed E-state index contributed by atoms with van der Waals surface area (Å²) in [4.78, 5) is 24.8. The number of sulfonamides is 1. The summed E-state index contributed by atoms with van der Waals surface area (Å²) >= 11 is 0. The van der Waals surface area contributed by atoms with Crippen LogP contribution in [-0.4, -0.2) is 76.7 Å². The summed E-state index contributed by atoms with van der Waals surface area (Å²) in [5.41, 5.74) is 9.60. The van der Waals surface area contributed by atoms with Crippen molar-refractivity contribution in [3.63, 3.8) is 0 Å². The minimum atomic E-state index is -4.27. The van der Waals surface area contributed by atoms with Crippen molar-refractivity contribution in [3.8, 4) is 17.3 Å². The lowest BCUT2D eigenvalue weighted by Crippen LogP contribution is -2.50. The Hall–Kier alpha value is -3.78. The summed E-state index contributed by atoms with van der Waals surface area (Å²) in [5, 5.41) is 0.664. The van der Waals surface area contributed by atoms with Crippen LogP contribution in [-0.2, 0) is 16.6 Å². The molecule has 5 heterocycles. The number of pyridine rings is 2. The van der Waals surface area contributed by atoms with Gasteiger partial charge in [-0.2, -0.15) is 13.1 Å². The number of imidazole rings is 1. The molecule has 2 N–H and O–H groups in total. The molecule has 2 fully saturated rings. The number of hydrogen-bond acceptors (Lipinski definition) is 7. The zero-order valence-electron chi connectivity index (χ0n) is 24.5. The Balaban J connectivity index is 1.49. The van der Waals surface area contributed by atoms with Gasteiger partial charge in [-0.25, -0.2) is 18.4 Å². The van der Waals surface area contributed by atoms with E-state index < -0.39 is 16.6 Å². The fourth-order valence-corrected chi connectivity index (χ4v) is 6.70. The molecule has 1 aliphatic carbocycles. The second-order valence-corrected chi connectivity index (χ2v) is 13.5. The molecule has 1 saturated heterocycles. The van der Waals surface area contributed by atoms with Gasteiger partial charge in [0.15, 0.2) is 5.88 Å². The molecule has 43 heavy (non-hydrogen) atoms. The molecule has 2 atom stereocenters. The minimum Gasteiger partial charge on any atom is -0.482 e. The van der Waals surface area contributed by atoms with Crippen LogP contribution in [0.25, 0.3) is 28.1 Å². The lowest BCUT2D eigenvalue weighted by molar-refractivity contribution is 0.0612. The van der Waals surface area contributed by atoms with Crippen LogP contribution in [0.2, 0.25) is 0 Å². The predicted octanol–water partition coefficient (Wildman–Crippen LogP) is 4.02. The lowest BCUT2D eigenvalue weighted by Gasteiger charge is -2.36. The molecule has 1 amide bonds. The minimum absolute atomic E-state index is 0.0240. The van der Waals surface area contributed by atoms with Crippen molar-refractivity contribution in [2.24, 2.45) is 11.7 Å². The van der Waals surface area contributed by atoms with Gasteiger partial charge in [-0.3, -0.25) is 9.20 Å². The van der Waals surface area contributed by atoms with Crippen LogP contribution in [0, 0.1) is 12.8 Å². The Kier molecular flexibility index (Phi) is 7.32. The second-order valence-electron chi connectivity index (χ2n) is 11.7. The number of rotatable bonds is 8. The highest BCUT2D eigenvalue weighted by atomic mass is 32.2. The smallest absolute Gasteiger partial charge is 0.329 e. The van der Waals surface area contributed by atoms with E-state index in [4.69, 9.17) is 15.5 Å². The number of aromatic nitrogens is 4. The highest BCUT2D eigenvalue weighted by Crippen LogP contribution is 2.38. The molecule has 0 radical (unpaired) electrons. The van der Waals surface area contributed by atoms with Crippen molar-refractivity contribution in [2.75, 3.05) is 24.2 Å². The monoisotopic (exact) mass is 615 g/mol. The molecule has 1 aliphatic heterocycles. The van der Waals surface area contributed by atoms with E-state index >= 15 is 0 Å². The van der Waals surface area contributed by atoms with Gasteiger partial charge >= 0.3 is 6.55 Å². The first-order valence-electron chi connectivity index (χ1n) is 14.3. The van der Waals surface area contributed by atoms with Crippen molar-refractivity contribution >= 4 is 38.4 Å². The van der Waals surface area contributed by atoms with Gasteiger partial charge in [-0.1, -0.05) is 0 Å². The first-order valence-corrected chi connectivity index (χ1v) is 16.1. The first kappa shape index (κ1) is 29.3. The molecule has 0 unspecified atom stereocenters. The number of nitrogens with two attached hydrogens (primary N) is 1. The Morgan fingerprint density at radius 1 is 1.16 bits per heavy atom. The Morgan fingerprint density at radius 3 is 2.56 bits per heavy atom. The van der Waals surface area contributed by atoms with Gasteiger partial charge < -0.3 is 19.9 Å². The van der Waals surface area contributed by atoms with Crippen LogP contribution in [0.3, 0.4) is 0 Å². The number of fused-ring (bicyclic) bond motifs is 2. The third kappa shape index (κ3) is 5.30. The molecule has 6 rings (SSSR count). The molecule has 14 heteroatoms. The molecule has 230 valence electrons. The third-order valence-corrected chi connectivity index (χ3v) is 9.48. The molecule has 4 aromatic heterocycles. The maximum absolute atomic E-state index is 13.8. The summed E-state index contributed by atoms with van der Waals surface area (Å²) in [7, 11) is -2.73. The standard InChI is InChI=1S/C29H35F2N7O4S/c1-16-5-9-21(32)15-35(16)28(39)20-12-24-33-26(17(2)37(24)25(13-20)42-3)22-11-19-8-10-23(38(29(30)31)43(4,40)41)34-27(19)36(22)14-18-6-7-18/h8,10-13,16,18,21,29H,5-7,9,14-15,32H2,1-4H3/t16-,21+/m0/s1. The number of amides is 1. The topological polar surface area (TPSA) is 128 Å². The summed E-state index contributed by atoms with van der Waals surface area (Å²) in [6.07, 6.45) is 4.47. The molecular weight excluding hydrogens is 580 g/mol. The molecule has 2 aliphatic rings. The molecular formula is C29H35F2N7O4S. The van der Waals surface area contributed by atoms with E-state index in [0.29, 0.717) is 58.5 Å². The van der Waals surface area contributed by atoms with Gasteiger partial charge in [0.2, 0.25) is 10.0 Å². The molecule has 11 nitrogen and oxygen atoms in total. The van der Waals surface area contributed by atoms with Crippen molar-refractivity contribution < 1.29 is 26.7 Å². The van der Waals surface area contributed by atoms with Crippen LogP contribution in [0.15, 0.2) is 30.3 Å². The van der Waals surface area contributed by atoms with Gasteiger partial charge in [-0.15, -0.1) is 0 Å². The van der Waals surface area contributed by atoms with Crippen LogP contribution >= 0.6 is 0 Å². The zero-order chi connectivity index (χ0) is 30.8. The Bertz CT molecular complexity index is 1830. The first-order chi connectivity index (χ1) is 20.4. The van der Waals surface area contributed by atoms with Crippen molar-refractivity contribution in [1.29, 1.82) is 0 Å². The number of ether oxygens (including phenoxy) is 1. The number of halogens is 2. The molecule has 0 aromatic carbocycles. The third-order valence-electron chi connectivity index (χ3n) is 8.42. The van der Waals surface area contributed by atoms with Crippen LogP contribution in [0.5, 0.6) is 5.88 Å². The summed E-state index contributed by atoms with van der Waals surface area (Å²) in [5.74, 6) is 0.335. The average Bonchev–Trinajstić information content (AvgIpc) is 3.62. The Labute approximate surface area is 248 Å². The maximum atomic E-state index is 13.8. The van der Waals surface area contributed by atoms with Gasteiger partial charge in [0.25, 0.3) is 5.91 Å². The molecule has 4 aromatic rings. The molecule has 1 saturated carbocycles. The van der Waals surface area contributed by atoms with E-state index in [9.17, 15) is 22.0 Å². The summed E-state index contributed by atoms with van der Waals surface area (Å²) in [6.45, 7) is 1.69. The quantitative estimate of drug-likeness (QED) is 0.297. The number of carbonyl (C=O) groups excluding carboxylic acids is 1. The van der Waals surface area contributed by atoms with E-state index in [1.54, 1.807) is 23.1 Å². The van der Waals surface area contributed by atoms with E-state index in [0.717, 1.165) is 37.6 Å². The van der Waals surface area contributed by atoms with Crippen molar-refractivity contribution in [3.05, 3.63) is 41.6 Å². The summed E-state index contributed by atoms with van der Waals surface area (Å²) < 4.78 is 61.4. The number of hydrogen-bond donors (Lipinski definition) is 1. The molecule has 0 spiro atoms. The van der Waals surface area contributed by atoms with Gasteiger partial charge in [-0.05, 0) is 69.7 Å². The average molecular weight is 616 g/mol. The highest BCUT2D eigenvalue weighted by molar-refractivity contribution is 7.92. The van der Waals surface area contributed by atoms with Crippen LogP contribution < -0.4 is 14.8 Å². The van der Waals surface area contributed by atoms with E-state index in [-0.39, 0.29) is 28.1 Å². The predicted molar refractivity (Wildman–Crippen MR) is 159 cm³/mol. The van der Waals surface area contributed by atoms with E-state index in [1.807, 2.05) is 28.9 Å². The van der Waals surface area contributed by atoms with E-state index in [2.05, 4.69) is 4.98 Å². The fraction of sp³-hybridized carbons (Fsp3) is 0.483. The number of alkyl halides is 2. The van der Waals surface area contributed by atoms with Gasteiger partial charge in [0.1, 0.15) is 22.8 Å². The fourth-order valence-electron chi connectivity index (χ4n) is 5.97. The lowest BCUT2D eigenvalue weighted by atomic mass is 9.99. The number of carbonyl (C=O) groups is 1. The van der Waals surface area contributed by atoms with Crippen molar-refractivity contribution in [1.82, 2.24) is 23.8 Å². The number of nitrogens with zero attached hydrogens (tertiary/aromatic N) is 6. The molecule has 0 bridgehead atoms. The maximum Gasteiger partial charge on any atom is 0.329 e. The number of piperidine rings is 1. The second kappa shape index (κ2) is 10.7. The van der Waals surface area contributed by atoms with Crippen LogP contribution in [0.4, 0.5) is 14.6 Å². The van der Waals surface area contributed by atoms with Crippen molar-refractivity contribution in [2.45, 2.75) is 64.7 Å². The largest absolute Gasteiger partial charge is 0.482 e. The number of methoxy groups -OCH3 is 1. The number of aryl methyl sites for hydroxylation is 1. The van der Waals surface area contributed by atoms with Crippen LogP contribution in [0.1, 0.15) is 48.7 Å². The highest BCUT2D eigenvalue weighted by Gasteiger charge is 2.32.